The van der Waals surface area contributed by atoms with Gasteiger partial charge in [0, 0.05) is 27.3 Å². The second-order valence-corrected chi connectivity index (χ2v) is 6.86. The van der Waals surface area contributed by atoms with Crippen LogP contribution in [-0.4, -0.2) is 12.1 Å². The number of ether oxygens (including phenoxy) is 1. The lowest BCUT2D eigenvalue weighted by molar-refractivity contribution is 0.415. The van der Waals surface area contributed by atoms with Crippen LogP contribution in [0, 0.1) is 11.3 Å². The average Bonchev–Trinajstić information content (AvgIpc) is 3.13. The van der Waals surface area contributed by atoms with E-state index in [0.717, 1.165) is 27.2 Å². The Morgan fingerprint density at radius 1 is 1.20 bits per heavy atom. The molecule has 0 fully saturated rings. The minimum atomic E-state index is 0.490. The van der Waals surface area contributed by atoms with Crippen LogP contribution in [0.5, 0.6) is 5.75 Å². The van der Waals surface area contributed by atoms with Crippen molar-refractivity contribution in [2.75, 3.05) is 12.4 Å². The number of aromatic nitrogens is 1. The van der Waals surface area contributed by atoms with E-state index >= 15 is 0 Å². The number of thiazole rings is 1. The van der Waals surface area contributed by atoms with E-state index in [1.165, 1.54) is 11.3 Å². The molecule has 0 aliphatic heterocycles. The molecule has 1 N–H and O–H groups in total. The quantitative estimate of drug-likeness (QED) is 0.558. The highest BCUT2D eigenvalue weighted by Crippen LogP contribution is 2.27. The summed E-state index contributed by atoms with van der Waals surface area (Å²) >= 11 is 4.87. The fourth-order valence-electron chi connectivity index (χ4n) is 2.14. The first kappa shape index (κ1) is 17.2. The highest BCUT2D eigenvalue weighted by atomic mass is 79.9. The van der Waals surface area contributed by atoms with Gasteiger partial charge in [-0.05, 0) is 36.4 Å². The number of allylic oxidation sites excluding steroid dienone is 1. The molecule has 6 heteroatoms. The number of nitrogens with one attached hydrogen (secondary N) is 1. The Labute approximate surface area is 158 Å². The number of nitrogens with zero attached hydrogens (tertiary/aromatic N) is 2. The van der Waals surface area contributed by atoms with Crippen molar-refractivity contribution < 1.29 is 4.74 Å². The van der Waals surface area contributed by atoms with Gasteiger partial charge in [-0.25, -0.2) is 4.98 Å². The largest absolute Gasteiger partial charge is 0.497 e. The summed E-state index contributed by atoms with van der Waals surface area (Å²) < 4.78 is 6.15. The van der Waals surface area contributed by atoms with Gasteiger partial charge < -0.3 is 10.1 Å². The van der Waals surface area contributed by atoms with Gasteiger partial charge in [0.05, 0.1) is 12.8 Å². The average molecular weight is 412 g/mol. The van der Waals surface area contributed by atoms with Gasteiger partial charge in [0.2, 0.25) is 0 Å². The van der Waals surface area contributed by atoms with Crippen LogP contribution in [0.4, 0.5) is 5.69 Å². The third kappa shape index (κ3) is 4.27. The van der Waals surface area contributed by atoms with Crippen LogP contribution in [0.1, 0.15) is 5.01 Å². The lowest BCUT2D eigenvalue weighted by atomic mass is 10.2. The molecular formula is C19H14BrN3OS. The molecule has 0 aliphatic carbocycles. The number of anilines is 1. The third-order valence-corrected chi connectivity index (χ3v) is 4.87. The maximum atomic E-state index is 9.44. The maximum Gasteiger partial charge on any atom is 0.136 e. The molecule has 25 heavy (non-hydrogen) atoms. The minimum absolute atomic E-state index is 0.490. The second kappa shape index (κ2) is 7.97. The molecule has 1 aromatic heterocycles. The first-order valence-electron chi connectivity index (χ1n) is 7.42. The molecule has 3 aromatic rings. The van der Waals surface area contributed by atoms with Crippen molar-refractivity contribution in [3.05, 3.63) is 69.6 Å². The van der Waals surface area contributed by atoms with Gasteiger partial charge >= 0.3 is 0 Å². The summed E-state index contributed by atoms with van der Waals surface area (Å²) in [6.45, 7) is 0. The summed E-state index contributed by atoms with van der Waals surface area (Å²) in [7, 11) is 1.63. The molecule has 3 rings (SSSR count). The van der Waals surface area contributed by atoms with E-state index in [4.69, 9.17) is 4.74 Å². The zero-order valence-electron chi connectivity index (χ0n) is 13.4. The van der Waals surface area contributed by atoms with Crippen molar-refractivity contribution >= 4 is 38.5 Å². The molecule has 0 saturated heterocycles. The summed E-state index contributed by atoms with van der Waals surface area (Å²) in [5.74, 6) is 0.786. The van der Waals surface area contributed by atoms with E-state index in [9.17, 15) is 5.26 Å². The first-order valence-corrected chi connectivity index (χ1v) is 9.09. The van der Waals surface area contributed by atoms with Crippen LogP contribution >= 0.6 is 27.3 Å². The molecule has 0 radical (unpaired) electrons. The standard InChI is InChI=1S/C19H14BrN3OS/c1-24-17-8-6-16(7-9-17)22-11-14(10-21)19-23-18(12-25-19)13-2-4-15(20)5-3-13/h2-9,11-12,22H,1H3/b14-11-. The molecule has 4 nitrogen and oxygen atoms in total. The van der Waals surface area contributed by atoms with E-state index in [0.29, 0.717) is 10.6 Å². The van der Waals surface area contributed by atoms with Gasteiger partial charge in [-0.15, -0.1) is 11.3 Å². The van der Waals surface area contributed by atoms with Crippen molar-refractivity contribution in [1.82, 2.24) is 4.98 Å². The van der Waals surface area contributed by atoms with Crippen molar-refractivity contribution in [3.8, 4) is 23.1 Å². The minimum Gasteiger partial charge on any atom is -0.497 e. The molecule has 0 atom stereocenters. The summed E-state index contributed by atoms with van der Waals surface area (Å²) in [6.07, 6.45) is 1.67. The smallest absolute Gasteiger partial charge is 0.136 e. The number of hydrogen-bond acceptors (Lipinski definition) is 5. The zero-order valence-corrected chi connectivity index (χ0v) is 15.8. The predicted octanol–water partition coefficient (Wildman–Crippen LogP) is 5.56. The first-order chi connectivity index (χ1) is 12.2. The van der Waals surface area contributed by atoms with Gasteiger partial charge in [0.1, 0.15) is 22.4 Å². The molecule has 2 aromatic carbocycles. The second-order valence-electron chi connectivity index (χ2n) is 5.09. The monoisotopic (exact) mass is 411 g/mol. The van der Waals surface area contributed by atoms with E-state index in [-0.39, 0.29) is 0 Å². The maximum absolute atomic E-state index is 9.44. The Hall–Kier alpha value is -2.62. The van der Waals surface area contributed by atoms with Crippen molar-refractivity contribution in [2.45, 2.75) is 0 Å². The van der Waals surface area contributed by atoms with Gasteiger partial charge in [-0.2, -0.15) is 5.26 Å². The Balaban J connectivity index is 1.78. The lowest BCUT2D eigenvalue weighted by Crippen LogP contribution is -1.91. The van der Waals surface area contributed by atoms with Crippen LogP contribution in [0.25, 0.3) is 16.8 Å². The van der Waals surface area contributed by atoms with E-state index < -0.39 is 0 Å². The normalized spacial score (nSPS) is 11.0. The highest BCUT2D eigenvalue weighted by Gasteiger charge is 2.09. The Bertz CT molecular complexity index is 925. The molecule has 1 heterocycles. The van der Waals surface area contributed by atoms with Crippen LogP contribution in [0.15, 0.2) is 64.6 Å². The number of halogens is 1. The topological polar surface area (TPSA) is 57.9 Å². The molecule has 124 valence electrons. The number of benzene rings is 2. The van der Waals surface area contributed by atoms with Gasteiger partial charge in [0.15, 0.2) is 0 Å². The Morgan fingerprint density at radius 2 is 1.92 bits per heavy atom. The summed E-state index contributed by atoms with van der Waals surface area (Å²) in [4.78, 5) is 4.57. The van der Waals surface area contributed by atoms with Gasteiger partial charge in [-0.1, -0.05) is 28.1 Å². The number of rotatable bonds is 5. The fraction of sp³-hybridized carbons (Fsp3) is 0.0526. The molecule has 0 saturated carbocycles. The summed E-state index contributed by atoms with van der Waals surface area (Å²) in [5.41, 5.74) is 3.24. The Kier molecular flexibility index (Phi) is 5.49. The number of hydrogen-bond donors (Lipinski definition) is 1. The van der Waals surface area contributed by atoms with Gasteiger partial charge in [-0.3, -0.25) is 0 Å². The molecule has 0 bridgehead atoms. The molecular weight excluding hydrogens is 398 g/mol. The van der Waals surface area contributed by atoms with Crippen molar-refractivity contribution in [2.24, 2.45) is 0 Å². The summed E-state index contributed by atoms with van der Waals surface area (Å²) in [5, 5.41) is 15.2. The third-order valence-electron chi connectivity index (χ3n) is 3.47. The van der Waals surface area contributed by atoms with Crippen molar-refractivity contribution in [1.29, 1.82) is 5.26 Å². The van der Waals surface area contributed by atoms with Crippen LogP contribution in [0.3, 0.4) is 0 Å². The lowest BCUT2D eigenvalue weighted by Gasteiger charge is -2.03. The van der Waals surface area contributed by atoms with Crippen molar-refractivity contribution in [3.63, 3.8) is 0 Å². The van der Waals surface area contributed by atoms with Gasteiger partial charge in [0.25, 0.3) is 0 Å². The zero-order chi connectivity index (χ0) is 17.6. The summed E-state index contributed by atoms with van der Waals surface area (Å²) in [6, 6.07) is 17.6. The number of methoxy groups -OCH3 is 1. The van der Waals surface area contributed by atoms with E-state index in [1.807, 2.05) is 53.9 Å². The van der Waals surface area contributed by atoms with Crippen LogP contribution in [0.2, 0.25) is 0 Å². The highest BCUT2D eigenvalue weighted by molar-refractivity contribution is 9.10. The molecule has 0 amide bonds. The van der Waals surface area contributed by atoms with Crippen LogP contribution < -0.4 is 10.1 Å². The van der Waals surface area contributed by atoms with Crippen LogP contribution in [-0.2, 0) is 0 Å². The molecule has 0 unspecified atom stereocenters. The molecule has 0 spiro atoms. The predicted molar refractivity (Wildman–Crippen MR) is 105 cm³/mol. The number of nitriles is 1. The van der Waals surface area contributed by atoms with E-state index in [1.54, 1.807) is 13.3 Å². The SMILES string of the molecule is COc1ccc(N/C=C(/C#N)c2nc(-c3ccc(Br)cc3)cs2)cc1. The fourth-order valence-corrected chi connectivity index (χ4v) is 3.19. The van der Waals surface area contributed by atoms with E-state index in [2.05, 4.69) is 32.3 Å². The molecule has 0 aliphatic rings. The Morgan fingerprint density at radius 3 is 2.56 bits per heavy atom.